The number of aromatic nitrogens is 3. The van der Waals surface area contributed by atoms with Gasteiger partial charge in [-0.3, -0.25) is 4.79 Å². The minimum Gasteiger partial charge on any atom is -0.321 e. The first-order chi connectivity index (χ1) is 12.3. The second-order valence-electron chi connectivity index (χ2n) is 5.33. The maximum absolute atomic E-state index is 13.0. The van der Waals surface area contributed by atoms with Crippen molar-refractivity contribution in [2.24, 2.45) is 0 Å². The molecule has 0 saturated carbocycles. The molecule has 10 heteroatoms. The highest BCUT2D eigenvalue weighted by molar-refractivity contribution is 7.12. The summed E-state index contributed by atoms with van der Waals surface area (Å²) >= 11 is 1.20. The fraction of sp³-hybridized carbons (Fsp3) is 0.188. The molecule has 0 radical (unpaired) electrons. The molecule has 0 aliphatic rings. The minimum absolute atomic E-state index is 0.214. The summed E-state index contributed by atoms with van der Waals surface area (Å²) in [6.07, 6.45) is -4.66. The predicted octanol–water partition coefficient (Wildman–Crippen LogP) is 4.38. The van der Waals surface area contributed by atoms with Gasteiger partial charge in [-0.1, -0.05) is 0 Å². The average molecular weight is 384 g/mol. The SMILES string of the molecule is Cc1ncsc1C(=O)Nc1ccc(-n2nc(C(F)(F)F)cc2CF)cc1. The second-order valence-corrected chi connectivity index (χ2v) is 6.19. The molecule has 0 bridgehead atoms. The first-order valence-corrected chi connectivity index (χ1v) is 8.21. The maximum Gasteiger partial charge on any atom is 0.435 e. The molecule has 3 aromatic rings. The molecule has 26 heavy (non-hydrogen) atoms. The molecule has 0 fully saturated rings. The molecule has 0 spiro atoms. The summed E-state index contributed by atoms with van der Waals surface area (Å²) in [4.78, 5) is 16.6. The van der Waals surface area contributed by atoms with Crippen molar-refractivity contribution in [1.29, 1.82) is 0 Å². The molecule has 1 N–H and O–H groups in total. The Bertz CT molecular complexity index is 931. The van der Waals surface area contributed by atoms with Crippen molar-refractivity contribution in [3.8, 4) is 5.69 Å². The number of aryl methyl sites for hydroxylation is 1. The first-order valence-electron chi connectivity index (χ1n) is 7.33. The molecule has 0 unspecified atom stereocenters. The molecule has 2 heterocycles. The van der Waals surface area contributed by atoms with Gasteiger partial charge in [0.25, 0.3) is 5.91 Å². The highest BCUT2D eigenvalue weighted by Gasteiger charge is 2.35. The molecule has 0 atom stereocenters. The van der Waals surface area contributed by atoms with Crippen molar-refractivity contribution in [1.82, 2.24) is 14.8 Å². The Hall–Kier alpha value is -2.75. The Morgan fingerprint density at radius 3 is 2.50 bits per heavy atom. The fourth-order valence-corrected chi connectivity index (χ4v) is 2.97. The number of hydrogen-bond donors (Lipinski definition) is 1. The highest BCUT2D eigenvalue weighted by Crippen LogP contribution is 2.30. The van der Waals surface area contributed by atoms with Crippen LogP contribution < -0.4 is 5.32 Å². The van der Waals surface area contributed by atoms with Gasteiger partial charge in [0, 0.05) is 5.69 Å². The fourth-order valence-electron chi connectivity index (χ4n) is 2.27. The molecule has 136 valence electrons. The van der Waals surface area contributed by atoms with Gasteiger partial charge in [-0.25, -0.2) is 14.1 Å². The summed E-state index contributed by atoms with van der Waals surface area (Å²) < 4.78 is 52.2. The molecule has 0 aliphatic carbocycles. The van der Waals surface area contributed by atoms with Crippen molar-refractivity contribution in [2.45, 2.75) is 19.8 Å². The van der Waals surface area contributed by atoms with E-state index in [1.54, 1.807) is 12.4 Å². The van der Waals surface area contributed by atoms with Crippen LogP contribution in [0.15, 0.2) is 35.8 Å². The first kappa shape index (κ1) is 18.1. The lowest BCUT2D eigenvalue weighted by Gasteiger charge is -2.08. The van der Waals surface area contributed by atoms with E-state index in [0.29, 0.717) is 22.3 Å². The highest BCUT2D eigenvalue weighted by atomic mass is 32.1. The summed E-state index contributed by atoms with van der Waals surface area (Å²) in [6.45, 7) is 0.620. The number of halogens is 4. The molecule has 1 amide bonds. The average Bonchev–Trinajstić information content (AvgIpc) is 3.21. The molecule has 0 saturated heterocycles. The van der Waals surface area contributed by atoms with Crippen molar-refractivity contribution in [3.05, 3.63) is 57.8 Å². The van der Waals surface area contributed by atoms with Gasteiger partial charge in [0.2, 0.25) is 0 Å². The second kappa shape index (κ2) is 6.87. The van der Waals surface area contributed by atoms with Crippen molar-refractivity contribution >= 4 is 22.9 Å². The predicted molar refractivity (Wildman–Crippen MR) is 88.2 cm³/mol. The van der Waals surface area contributed by atoms with Crippen LogP contribution >= 0.6 is 11.3 Å². The number of hydrogen-bond acceptors (Lipinski definition) is 4. The van der Waals surface area contributed by atoms with E-state index in [-0.39, 0.29) is 17.3 Å². The van der Waals surface area contributed by atoms with Gasteiger partial charge >= 0.3 is 6.18 Å². The number of alkyl halides is 4. The largest absolute Gasteiger partial charge is 0.435 e. The van der Waals surface area contributed by atoms with E-state index in [4.69, 9.17) is 0 Å². The van der Waals surface area contributed by atoms with Crippen molar-refractivity contribution in [2.75, 3.05) is 5.32 Å². The van der Waals surface area contributed by atoms with Crippen LogP contribution in [0.4, 0.5) is 23.2 Å². The van der Waals surface area contributed by atoms with Crippen LogP contribution in [0, 0.1) is 6.92 Å². The van der Waals surface area contributed by atoms with E-state index in [0.717, 1.165) is 4.68 Å². The summed E-state index contributed by atoms with van der Waals surface area (Å²) in [5.74, 6) is -0.333. The number of amides is 1. The number of thiazole rings is 1. The molecule has 3 rings (SSSR count). The smallest absolute Gasteiger partial charge is 0.321 e. The molecular weight excluding hydrogens is 372 g/mol. The van der Waals surface area contributed by atoms with Gasteiger partial charge in [-0.2, -0.15) is 18.3 Å². The zero-order valence-corrected chi connectivity index (χ0v) is 14.2. The Labute approximate surface area is 149 Å². The van der Waals surface area contributed by atoms with Crippen LogP contribution in [0.1, 0.15) is 26.8 Å². The third-order valence-electron chi connectivity index (χ3n) is 3.53. The van der Waals surface area contributed by atoms with E-state index in [9.17, 15) is 22.4 Å². The third kappa shape index (κ3) is 3.59. The van der Waals surface area contributed by atoms with E-state index >= 15 is 0 Å². The lowest BCUT2D eigenvalue weighted by Crippen LogP contribution is -2.11. The van der Waals surface area contributed by atoms with E-state index in [2.05, 4.69) is 15.4 Å². The lowest BCUT2D eigenvalue weighted by molar-refractivity contribution is -0.141. The Kier molecular flexibility index (Phi) is 4.77. The number of carbonyl (C=O) groups is 1. The van der Waals surface area contributed by atoms with Gasteiger partial charge in [-0.15, -0.1) is 11.3 Å². The Morgan fingerprint density at radius 2 is 1.96 bits per heavy atom. The van der Waals surface area contributed by atoms with Crippen LogP contribution in [-0.4, -0.2) is 20.7 Å². The van der Waals surface area contributed by atoms with Gasteiger partial charge in [-0.05, 0) is 37.3 Å². The summed E-state index contributed by atoms with van der Waals surface area (Å²) in [7, 11) is 0. The van der Waals surface area contributed by atoms with Gasteiger partial charge in [0.15, 0.2) is 5.69 Å². The van der Waals surface area contributed by atoms with Crippen LogP contribution in [0.2, 0.25) is 0 Å². The van der Waals surface area contributed by atoms with Crippen molar-refractivity contribution in [3.63, 3.8) is 0 Å². The number of nitrogens with one attached hydrogen (secondary N) is 1. The van der Waals surface area contributed by atoms with Gasteiger partial charge < -0.3 is 5.32 Å². The van der Waals surface area contributed by atoms with E-state index in [1.165, 1.54) is 35.6 Å². The summed E-state index contributed by atoms with van der Waals surface area (Å²) in [6, 6.07) is 6.56. The molecule has 1 aromatic carbocycles. The summed E-state index contributed by atoms with van der Waals surface area (Å²) in [5, 5.41) is 6.09. The van der Waals surface area contributed by atoms with Crippen LogP contribution in [0.5, 0.6) is 0 Å². The van der Waals surface area contributed by atoms with Crippen LogP contribution in [0.25, 0.3) is 5.69 Å². The molecular formula is C16H12F4N4OS. The normalized spacial score (nSPS) is 11.6. The minimum atomic E-state index is -4.66. The number of carbonyl (C=O) groups excluding carboxylic acids is 1. The number of rotatable bonds is 4. The van der Waals surface area contributed by atoms with Crippen LogP contribution in [-0.2, 0) is 12.9 Å². The van der Waals surface area contributed by atoms with E-state index in [1.807, 2.05) is 0 Å². The molecule has 0 aliphatic heterocycles. The van der Waals surface area contributed by atoms with Crippen LogP contribution in [0.3, 0.4) is 0 Å². The Morgan fingerprint density at radius 1 is 1.27 bits per heavy atom. The monoisotopic (exact) mass is 384 g/mol. The molecule has 5 nitrogen and oxygen atoms in total. The number of benzene rings is 1. The number of nitrogens with zero attached hydrogens (tertiary/aromatic N) is 3. The zero-order valence-electron chi connectivity index (χ0n) is 13.3. The lowest BCUT2D eigenvalue weighted by atomic mass is 10.2. The van der Waals surface area contributed by atoms with Gasteiger partial charge in [0.1, 0.15) is 11.6 Å². The van der Waals surface area contributed by atoms with Crippen molar-refractivity contribution < 1.29 is 22.4 Å². The maximum atomic E-state index is 13.0. The number of anilines is 1. The zero-order chi connectivity index (χ0) is 18.9. The van der Waals surface area contributed by atoms with E-state index < -0.39 is 18.5 Å². The summed E-state index contributed by atoms with van der Waals surface area (Å²) in [5.41, 5.74) is 1.48. The third-order valence-corrected chi connectivity index (χ3v) is 4.46. The Balaban J connectivity index is 1.83. The van der Waals surface area contributed by atoms with Gasteiger partial charge in [0.05, 0.1) is 22.6 Å². The molecule has 2 aromatic heterocycles. The standard InChI is InChI=1S/C16H12F4N4OS/c1-9-14(26-8-21-9)15(25)22-10-2-4-11(5-3-10)24-12(7-17)6-13(23-24)16(18,19)20/h2-6,8H,7H2,1H3,(H,22,25). The topological polar surface area (TPSA) is 59.8 Å². The quantitative estimate of drug-likeness (QED) is 0.679.